The van der Waals surface area contributed by atoms with Crippen LogP contribution in [-0.2, 0) is 9.53 Å². The highest BCUT2D eigenvalue weighted by Gasteiger charge is 2.44. The number of hydrogen-bond donors (Lipinski definition) is 0. The Morgan fingerprint density at radius 3 is 1.28 bits per heavy atom. The molecule has 0 bridgehead atoms. The van der Waals surface area contributed by atoms with E-state index in [4.69, 9.17) is 4.74 Å². The molecular weight excluding hydrogens is 614 g/mol. The van der Waals surface area contributed by atoms with E-state index in [0.29, 0.717) is 6.61 Å². The van der Waals surface area contributed by atoms with E-state index >= 15 is 0 Å². The van der Waals surface area contributed by atoms with Gasteiger partial charge in [0.05, 0.1) is 12.8 Å². The first-order valence-corrected chi connectivity index (χ1v) is 14.4. The Labute approximate surface area is 243 Å². The van der Waals surface area contributed by atoms with Gasteiger partial charge < -0.3 is 38.7 Å². The average molecular weight is 656 g/mol. The number of unbranched alkanes of at least 4 members (excludes halogenated alkanes) is 7. The summed E-state index contributed by atoms with van der Waals surface area (Å²) in [6, 6.07) is 33.5. The van der Waals surface area contributed by atoms with E-state index in [9.17, 15) is 4.79 Å². The Bertz CT molecular complexity index is 844. The molecule has 0 amide bonds. The molecule has 0 saturated heterocycles. The van der Waals surface area contributed by atoms with Gasteiger partial charge in [-0.05, 0) is 65.6 Å². The van der Waals surface area contributed by atoms with Gasteiger partial charge in [-0.15, -0.1) is 0 Å². The number of benzene rings is 3. The molecule has 3 aromatic rings. The summed E-state index contributed by atoms with van der Waals surface area (Å²) in [4.78, 5) is 10.8. The van der Waals surface area contributed by atoms with Gasteiger partial charge in [0.15, 0.2) is 0 Å². The van der Waals surface area contributed by atoms with E-state index < -0.39 is 7.26 Å². The molecule has 0 heterocycles. The van der Waals surface area contributed by atoms with Crippen LogP contribution in [-0.4, -0.2) is 18.7 Å². The Morgan fingerprint density at radius 2 is 0.917 bits per heavy atom. The van der Waals surface area contributed by atoms with Crippen LogP contribution in [0.5, 0.6) is 0 Å². The molecule has 0 aliphatic heterocycles. The molecule has 0 aromatic heterocycles. The monoisotopic (exact) mass is 654 g/mol. The number of carbonyl (C=O) groups is 1. The molecule has 6 heteroatoms. The van der Waals surface area contributed by atoms with E-state index in [-0.39, 0.29) is 49.8 Å². The minimum absolute atomic E-state index is 0. The van der Waals surface area contributed by atoms with Crippen LogP contribution in [0.1, 0.15) is 58.3 Å². The SMILES string of the molecule is CC(=O)OCCCCCCCCCC[P+](c1ccccc1)(c1ccccc1)c1ccccc1.[Br-].[Br-].[PH4+]. The van der Waals surface area contributed by atoms with E-state index in [1.165, 1.54) is 67.5 Å². The number of halogens is 2. The first kappa shape index (κ1) is 35.0. The zero-order valence-electron chi connectivity index (χ0n) is 21.8. The summed E-state index contributed by atoms with van der Waals surface area (Å²) < 4.78 is 5.01. The number of carbonyl (C=O) groups excluding carboxylic acids is 1. The summed E-state index contributed by atoms with van der Waals surface area (Å²) in [5.41, 5.74) is 0. The molecule has 0 fully saturated rings. The van der Waals surface area contributed by atoms with E-state index in [1.807, 2.05) is 0 Å². The second-order valence-corrected chi connectivity index (χ2v) is 12.3. The highest BCUT2D eigenvalue weighted by atomic mass is 79.9. The third kappa shape index (κ3) is 10.7. The predicted octanol–water partition coefficient (Wildman–Crippen LogP) is 0.463. The van der Waals surface area contributed by atoms with Crippen molar-refractivity contribution in [2.75, 3.05) is 12.8 Å². The maximum absolute atomic E-state index is 10.8. The number of rotatable bonds is 14. The Kier molecular flexibility index (Phi) is 19.4. The molecule has 0 N–H and O–H groups in total. The molecular formula is C30H42Br2O2P2. The molecule has 0 aliphatic carbocycles. The molecule has 3 rings (SSSR count). The minimum atomic E-state index is -1.68. The summed E-state index contributed by atoms with van der Waals surface area (Å²) in [5.74, 6) is -0.171. The van der Waals surface area contributed by atoms with Crippen molar-refractivity contribution in [1.82, 2.24) is 0 Å². The van der Waals surface area contributed by atoms with Crippen molar-refractivity contribution in [2.45, 2.75) is 58.3 Å². The van der Waals surface area contributed by atoms with Crippen molar-refractivity contribution in [2.24, 2.45) is 0 Å². The highest BCUT2D eigenvalue weighted by molar-refractivity contribution is 7.95. The number of esters is 1. The fraction of sp³-hybridized carbons (Fsp3) is 0.367. The minimum Gasteiger partial charge on any atom is -1.00 e. The topological polar surface area (TPSA) is 26.3 Å². The maximum atomic E-state index is 10.8. The Balaban J connectivity index is 0.00000408. The van der Waals surface area contributed by atoms with Crippen molar-refractivity contribution in [3.8, 4) is 0 Å². The summed E-state index contributed by atoms with van der Waals surface area (Å²) >= 11 is 0. The lowest BCUT2D eigenvalue weighted by Crippen LogP contribution is -3.00. The predicted molar refractivity (Wildman–Crippen MR) is 156 cm³/mol. The molecule has 1 unspecified atom stereocenters. The van der Waals surface area contributed by atoms with Crippen molar-refractivity contribution in [3.05, 3.63) is 91.0 Å². The van der Waals surface area contributed by atoms with E-state index in [2.05, 4.69) is 91.0 Å². The summed E-state index contributed by atoms with van der Waals surface area (Å²) in [6.07, 6.45) is 11.0. The van der Waals surface area contributed by atoms with Gasteiger partial charge in [0.25, 0.3) is 0 Å². The average Bonchev–Trinajstić information content (AvgIpc) is 2.86. The van der Waals surface area contributed by atoms with Crippen molar-refractivity contribution < 1.29 is 43.5 Å². The van der Waals surface area contributed by atoms with Gasteiger partial charge in [0, 0.05) is 6.92 Å². The van der Waals surface area contributed by atoms with Crippen LogP contribution < -0.4 is 49.9 Å². The van der Waals surface area contributed by atoms with Gasteiger partial charge in [0.2, 0.25) is 0 Å². The van der Waals surface area contributed by atoms with Gasteiger partial charge >= 0.3 is 5.97 Å². The third-order valence-corrected chi connectivity index (χ3v) is 10.8. The molecule has 198 valence electrons. The molecule has 3 aromatic carbocycles. The summed E-state index contributed by atoms with van der Waals surface area (Å²) in [6.45, 7) is 2.05. The lowest BCUT2D eigenvalue weighted by molar-refractivity contribution is -0.141. The van der Waals surface area contributed by atoms with E-state index in [0.717, 1.165) is 12.8 Å². The van der Waals surface area contributed by atoms with Crippen LogP contribution in [0.25, 0.3) is 0 Å². The second-order valence-electron chi connectivity index (χ2n) is 8.71. The Morgan fingerprint density at radius 1 is 0.583 bits per heavy atom. The van der Waals surface area contributed by atoms with Crippen LogP contribution in [0.15, 0.2) is 91.0 Å². The largest absolute Gasteiger partial charge is 1.00 e. The molecule has 36 heavy (non-hydrogen) atoms. The van der Waals surface area contributed by atoms with Gasteiger partial charge in [-0.1, -0.05) is 86.7 Å². The van der Waals surface area contributed by atoms with Crippen molar-refractivity contribution in [3.63, 3.8) is 0 Å². The van der Waals surface area contributed by atoms with Crippen molar-refractivity contribution in [1.29, 1.82) is 0 Å². The van der Waals surface area contributed by atoms with Gasteiger partial charge in [0.1, 0.15) is 23.2 Å². The van der Waals surface area contributed by atoms with E-state index in [1.54, 1.807) is 0 Å². The van der Waals surface area contributed by atoms with Gasteiger partial charge in [-0.25, -0.2) is 0 Å². The van der Waals surface area contributed by atoms with Crippen LogP contribution in [0.3, 0.4) is 0 Å². The van der Waals surface area contributed by atoms with Crippen LogP contribution in [0.2, 0.25) is 0 Å². The Hall–Kier alpha value is -1.05. The smallest absolute Gasteiger partial charge is 0.302 e. The molecule has 0 aliphatic rings. The van der Waals surface area contributed by atoms with Crippen molar-refractivity contribution >= 4 is 39.0 Å². The molecule has 0 radical (unpaired) electrons. The fourth-order valence-corrected chi connectivity index (χ4v) is 9.02. The number of hydrogen-bond acceptors (Lipinski definition) is 2. The van der Waals surface area contributed by atoms with Crippen LogP contribution in [0, 0.1) is 0 Å². The van der Waals surface area contributed by atoms with Crippen LogP contribution >= 0.6 is 17.2 Å². The summed E-state index contributed by atoms with van der Waals surface area (Å²) in [7, 11) is -1.68. The molecule has 0 saturated carbocycles. The first-order valence-electron chi connectivity index (χ1n) is 12.4. The highest BCUT2D eigenvalue weighted by Crippen LogP contribution is 2.55. The van der Waals surface area contributed by atoms with Crippen LogP contribution in [0.4, 0.5) is 0 Å². The summed E-state index contributed by atoms with van der Waals surface area (Å²) in [5, 5.41) is 4.44. The lowest BCUT2D eigenvalue weighted by atomic mass is 10.1. The standard InChI is InChI=1S/C30H38O2P.2BrH.H3P/c1-27(31)32-25-17-6-4-2-3-5-7-18-26-33(28-19-11-8-12-20-28,29-21-13-9-14-22-29)30-23-15-10-16-24-30;;;/h8-16,19-24H,2-7,17-18,25-26H2,1H3;2*1H;1H3/q+1;;;/p-1. The molecule has 1 atom stereocenters. The fourth-order valence-electron chi connectivity index (χ4n) is 4.61. The normalized spacial score (nSPS) is 10.4. The molecule has 0 spiro atoms. The third-order valence-electron chi connectivity index (χ3n) is 6.28. The zero-order valence-corrected chi connectivity index (χ0v) is 27.8. The second kappa shape index (κ2) is 20.0. The maximum Gasteiger partial charge on any atom is 0.302 e. The zero-order chi connectivity index (χ0) is 23.2. The molecule has 2 nitrogen and oxygen atoms in total. The quantitative estimate of drug-likeness (QED) is 0.143. The number of ether oxygens (including phenoxy) is 1. The van der Waals surface area contributed by atoms with Gasteiger partial charge in [-0.2, -0.15) is 0 Å². The lowest BCUT2D eigenvalue weighted by Gasteiger charge is -2.27. The first-order chi connectivity index (χ1) is 16.2. The van der Waals surface area contributed by atoms with Gasteiger partial charge in [-0.3, -0.25) is 4.79 Å².